The first-order chi connectivity index (χ1) is 5.91. The molecule has 0 saturated carbocycles. The average molecular weight is 178 g/mol. The zero-order valence-corrected chi connectivity index (χ0v) is 8.98. The molecule has 0 spiro atoms. The highest BCUT2D eigenvalue weighted by molar-refractivity contribution is 5.93. The van der Waals surface area contributed by atoms with Crippen LogP contribution in [0.5, 0.6) is 0 Å². The Morgan fingerprint density at radius 3 is 2.15 bits per heavy atom. The minimum Gasteiger partial charge on any atom is -0.295 e. The summed E-state index contributed by atoms with van der Waals surface area (Å²) in [7, 11) is 0. The van der Waals surface area contributed by atoms with Crippen LogP contribution in [0.2, 0.25) is 0 Å². The first-order valence-corrected chi connectivity index (χ1v) is 4.82. The van der Waals surface area contributed by atoms with Crippen molar-refractivity contribution in [2.45, 2.75) is 40.5 Å². The number of ketones is 1. The molecule has 0 unspecified atom stereocenters. The van der Waals surface area contributed by atoms with Crippen molar-refractivity contribution < 1.29 is 4.79 Å². The number of carbonyl (C=O) groups excluding carboxylic acids is 1. The van der Waals surface area contributed by atoms with Crippen LogP contribution >= 0.6 is 0 Å². The Morgan fingerprint density at radius 2 is 1.85 bits per heavy atom. The first-order valence-electron chi connectivity index (χ1n) is 4.82. The van der Waals surface area contributed by atoms with Crippen molar-refractivity contribution in [3.8, 4) is 0 Å². The van der Waals surface area contributed by atoms with Gasteiger partial charge in [-0.15, -0.1) is 0 Å². The molecule has 0 aromatic heterocycles. The molecule has 1 rings (SSSR count). The molecule has 0 fully saturated rings. The predicted octanol–water partition coefficient (Wildman–Crippen LogP) is 3.27. The molecule has 0 aromatic carbocycles. The van der Waals surface area contributed by atoms with E-state index in [1.54, 1.807) is 6.92 Å². The topological polar surface area (TPSA) is 17.1 Å². The molecule has 0 aromatic rings. The van der Waals surface area contributed by atoms with Gasteiger partial charge in [0, 0.05) is 0 Å². The lowest BCUT2D eigenvalue weighted by Gasteiger charge is -2.25. The Labute approximate surface area is 80.5 Å². The van der Waals surface area contributed by atoms with E-state index in [0.29, 0.717) is 0 Å². The number of hydrogen-bond acceptors (Lipinski definition) is 1. The normalized spacial score (nSPS) is 17.8. The van der Waals surface area contributed by atoms with Crippen LogP contribution < -0.4 is 0 Å². The molecule has 0 radical (unpaired) electrons. The number of hydrogen-bond donors (Lipinski definition) is 0. The molecule has 0 amide bonds. The highest BCUT2D eigenvalue weighted by Crippen LogP contribution is 2.32. The van der Waals surface area contributed by atoms with Gasteiger partial charge in [0.15, 0.2) is 5.78 Å². The molecular formula is C12H18O. The summed E-state index contributed by atoms with van der Waals surface area (Å²) >= 11 is 0. The van der Waals surface area contributed by atoms with E-state index in [2.05, 4.69) is 26.8 Å². The van der Waals surface area contributed by atoms with Crippen molar-refractivity contribution in [3.05, 3.63) is 23.3 Å². The summed E-state index contributed by atoms with van der Waals surface area (Å²) in [6.07, 6.45) is 6.04. The Balaban J connectivity index is 2.82. The average Bonchev–Trinajstić information content (AvgIpc) is 2.03. The van der Waals surface area contributed by atoms with Gasteiger partial charge in [-0.05, 0) is 30.8 Å². The van der Waals surface area contributed by atoms with Gasteiger partial charge in [-0.3, -0.25) is 4.79 Å². The van der Waals surface area contributed by atoms with Crippen LogP contribution in [0, 0.1) is 5.41 Å². The Kier molecular flexibility index (Phi) is 2.74. The van der Waals surface area contributed by atoms with E-state index in [1.807, 2.05) is 6.08 Å². The van der Waals surface area contributed by atoms with Crippen LogP contribution in [0.25, 0.3) is 0 Å². The minimum absolute atomic E-state index is 0.212. The highest BCUT2D eigenvalue weighted by atomic mass is 16.1. The van der Waals surface area contributed by atoms with Crippen molar-refractivity contribution >= 4 is 5.78 Å². The van der Waals surface area contributed by atoms with Gasteiger partial charge in [-0.25, -0.2) is 0 Å². The lowest BCUT2D eigenvalue weighted by atomic mass is 9.80. The summed E-state index contributed by atoms with van der Waals surface area (Å²) in [5, 5.41) is 0. The third kappa shape index (κ3) is 2.55. The van der Waals surface area contributed by atoms with E-state index < -0.39 is 0 Å². The van der Waals surface area contributed by atoms with E-state index in [4.69, 9.17) is 0 Å². The molecule has 1 aliphatic carbocycles. The molecule has 0 bridgehead atoms. The van der Waals surface area contributed by atoms with Gasteiger partial charge in [0.1, 0.15) is 0 Å². The van der Waals surface area contributed by atoms with Gasteiger partial charge < -0.3 is 0 Å². The standard InChI is InChI=1S/C12H18O/c1-9(13)10-5-7-11(8-6-10)12(2,3)4/h5,7H,6,8H2,1-4H3. The van der Waals surface area contributed by atoms with Gasteiger partial charge in [-0.2, -0.15) is 0 Å². The molecule has 13 heavy (non-hydrogen) atoms. The van der Waals surface area contributed by atoms with E-state index >= 15 is 0 Å². The second-order valence-electron chi connectivity index (χ2n) is 4.69. The van der Waals surface area contributed by atoms with Crippen molar-refractivity contribution in [1.29, 1.82) is 0 Å². The zero-order valence-electron chi connectivity index (χ0n) is 8.98. The second kappa shape index (κ2) is 3.49. The molecule has 1 nitrogen and oxygen atoms in total. The lowest BCUT2D eigenvalue weighted by molar-refractivity contribution is -0.113. The molecule has 72 valence electrons. The van der Waals surface area contributed by atoms with Crippen molar-refractivity contribution in [2.24, 2.45) is 5.41 Å². The van der Waals surface area contributed by atoms with Gasteiger partial charge in [0.25, 0.3) is 0 Å². The maximum absolute atomic E-state index is 11.1. The summed E-state index contributed by atoms with van der Waals surface area (Å²) in [6, 6.07) is 0. The number of allylic oxidation sites excluding steroid dienone is 4. The second-order valence-corrected chi connectivity index (χ2v) is 4.69. The van der Waals surface area contributed by atoms with Gasteiger partial charge >= 0.3 is 0 Å². The molecule has 0 atom stereocenters. The lowest BCUT2D eigenvalue weighted by Crippen LogP contribution is -2.12. The highest BCUT2D eigenvalue weighted by Gasteiger charge is 2.19. The number of carbonyl (C=O) groups is 1. The van der Waals surface area contributed by atoms with Gasteiger partial charge in [-0.1, -0.05) is 38.5 Å². The van der Waals surface area contributed by atoms with Crippen LogP contribution in [0.15, 0.2) is 23.3 Å². The van der Waals surface area contributed by atoms with Gasteiger partial charge in [0.05, 0.1) is 0 Å². The van der Waals surface area contributed by atoms with Crippen molar-refractivity contribution in [3.63, 3.8) is 0 Å². The van der Waals surface area contributed by atoms with Gasteiger partial charge in [0.2, 0.25) is 0 Å². The maximum atomic E-state index is 11.1. The largest absolute Gasteiger partial charge is 0.295 e. The summed E-state index contributed by atoms with van der Waals surface area (Å²) in [6.45, 7) is 8.28. The smallest absolute Gasteiger partial charge is 0.155 e. The fraction of sp³-hybridized carbons (Fsp3) is 0.583. The quantitative estimate of drug-likeness (QED) is 0.602. The zero-order chi connectivity index (χ0) is 10.1. The molecule has 0 saturated heterocycles. The van der Waals surface area contributed by atoms with E-state index in [1.165, 1.54) is 5.57 Å². The van der Waals surface area contributed by atoms with Crippen LogP contribution in [0.3, 0.4) is 0 Å². The van der Waals surface area contributed by atoms with E-state index in [0.717, 1.165) is 18.4 Å². The van der Waals surface area contributed by atoms with Crippen molar-refractivity contribution in [1.82, 2.24) is 0 Å². The fourth-order valence-corrected chi connectivity index (χ4v) is 1.56. The Bertz CT molecular complexity index is 274. The van der Waals surface area contributed by atoms with Crippen LogP contribution in [-0.4, -0.2) is 5.78 Å². The summed E-state index contributed by atoms with van der Waals surface area (Å²) in [5.74, 6) is 0.212. The van der Waals surface area contributed by atoms with Crippen LogP contribution in [-0.2, 0) is 4.79 Å². The van der Waals surface area contributed by atoms with Crippen molar-refractivity contribution in [2.75, 3.05) is 0 Å². The fourth-order valence-electron chi connectivity index (χ4n) is 1.56. The third-order valence-electron chi connectivity index (χ3n) is 2.56. The van der Waals surface area contributed by atoms with E-state index in [9.17, 15) is 4.79 Å². The summed E-state index contributed by atoms with van der Waals surface area (Å²) < 4.78 is 0. The molecule has 0 heterocycles. The molecule has 1 heteroatoms. The van der Waals surface area contributed by atoms with E-state index in [-0.39, 0.29) is 11.2 Å². The monoisotopic (exact) mass is 178 g/mol. The molecule has 0 N–H and O–H groups in total. The minimum atomic E-state index is 0.212. The Hall–Kier alpha value is -0.850. The SMILES string of the molecule is CC(=O)C1=CC=C(C(C)(C)C)CC1. The predicted molar refractivity (Wildman–Crippen MR) is 55.5 cm³/mol. The number of rotatable bonds is 1. The maximum Gasteiger partial charge on any atom is 0.155 e. The number of Topliss-reactive ketones (excluding diaryl/α,β-unsaturated/α-hetero) is 1. The molecule has 1 aliphatic rings. The van der Waals surface area contributed by atoms with Crippen LogP contribution in [0.4, 0.5) is 0 Å². The van der Waals surface area contributed by atoms with Crippen LogP contribution in [0.1, 0.15) is 40.5 Å². The molecular weight excluding hydrogens is 160 g/mol. The first kappa shape index (κ1) is 10.2. The third-order valence-corrected chi connectivity index (χ3v) is 2.56. The summed E-state index contributed by atoms with van der Waals surface area (Å²) in [4.78, 5) is 11.1. The Morgan fingerprint density at radius 1 is 1.23 bits per heavy atom. The molecule has 0 aliphatic heterocycles. The summed E-state index contributed by atoms with van der Waals surface area (Å²) in [5.41, 5.74) is 2.66.